The molecule has 21 heavy (non-hydrogen) atoms. The lowest BCUT2D eigenvalue weighted by molar-refractivity contribution is 0.408. The average Bonchev–Trinajstić information content (AvgIpc) is 3.38. The quantitative estimate of drug-likeness (QED) is 0.842. The van der Waals surface area contributed by atoms with E-state index in [2.05, 4.69) is 60.8 Å². The SMILES string of the molecule is COc1cccc(C(C)NC(c2ccccc2)C2CC2)c1. The first-order valence-electron chi connectivity index (χ1n) is 7.73. The normalized spacial score (nSPS) is 17.2. The monoisotopic (exact) mass is 281 g/mol. The fraction of sp³-hybridized carbons (Fsp3) is 0.368. The molecule has 1 aliphatic rings. The van der Waals surface area contributed by atoms with Gasteiger partial charge in [-0.05, 0) is 48.9 Å². The molecule has 0 bridgehead atoms. The molecule has 2 heteroatoms. The third-order valence-electron chi connectivity index (χ3n) is 4.28. The molecule has 0 aliphatic heterocycles. The Labute approximate surface area is 127 Å². The fourth-order valence-electron chi connectivity index (χ4n) is 2.87. The largest absolute Gasteiger partial charge is 0.497 e. The first kappa shape index (κ1) is 14.2. The lowest BCUT2D eigenvalue weighted by Crippen LogP contribution is -2.26. The van der Waals surface area contributed by atoms with E-state index < -0.39 is 0 Å². The fourth-order valence-corrected chi connectivity index (χ4v) is 2.87. The van der Waals surface area contributed by atoms with Crippen LogP contribution >= 0.6 is 0 Å². The van der Waals surface area contributed by atoms with Gasteiger partial charge in [-0.15, -0.1) is 0 Å². The van der Waals surface area contributed by atoms with Gasteiger partial charge >= 0.3 is 0 Å². The Morgan fingerprint density at radius 2 is 1.71 bits per heavy atom. The van der Waals surface area contributed by atoms with Crippen molar-refractivity contribution in [3.63, 3.8) is 0 Å². The summed E-state index contributed by atoms with van der Waals surface area (Å²) >= 11 is 0. The molecular formula is C19H23NO. The van der Waals surface area contributed by atoms with E-state index in [1.165, 1.54) is 24.0 Å². The summed E-state index contributed by atoms with van der Waals surface area (Å²) in [6.07, 6.45) is 2.66. The van der Waals surface area contributed by atoms with Crippen LogP contribution in [0.25, 0.3) is 0 Å². The van der Waals surface area contributed by atoms with Gasteiger partial charge in [0, 0.05) is 12.1 Å². The van der Waals surface area contributed by atoms with Gasteiger partial charge in [-0.1, -0.05) is 42.5 Å². The standard InChI is InChI=1S/C19H23NO/c1-14(17-9-6-10-18(13-17)21-2)20-19(16-11-12-16)15-7-4-3-5-8-15/h3-10,13-14,16,19-20H,11-12H2,1-2H3. The van der Waals surface area contributed by atoms with E-state index in [0.29, 0.717) is 12.1 Å². The number of rotatable bonds is 6. The molecule has 2 unspecified atom stereocenters. The van der Waals surface area contributed by atoms with Crippen molar-refractivity contribution in [2.45, 2.75) is 31.8 Å². The third kappa shape index (κ3) is 3.45. The van der Waals surface area contributed by atoms with E-state index in [1.54, 1.807) is 7.11 Å². The van der Waals surface area contributed by atoms with Crippen LogP contribution in [0.15, 0.2) is 54.6 Å². The van der Waals surface area contributed by atoms with Crippen molar-refractivity contribution in [1.29, 1.82) is 0 Å². The topological polar surface area (TPSA) is 21.3 Å². The summed E-state index contributed by atoms with van der Waals surface area (Å²) in [6, 6.07) is 19.9. The molecular weight excluding hydrogens is 258 g/mol. The van der Waals surface area contributed by atoms with Gasteiger partial charge in [0.05, 0.1) is 7.11 Å². The van der Waals surface area contributed by atoms with Gasteiger partial charge in [-0.3, -0.25) is 0 Å². The summed E-state index contributed by atoms with van der Waals surface area (Å²) in [5.74, 6) is 1.70. The summed E-state index contributed by atoms with van der Waals surface area (Å²) in [4.78, 5) is 0. The molecule has 1 saturated carbocycles. The van der Waals surface area contributed by atoms with Crippen molar-refractivity contribution in [3.8, 4) is 5.75 Å². The van der Waals surface area contributed by atoms with Crippen molar-refractivity contribution < 1.29 is 4.74 Å². The second kappa shape index (κ2) is 6.31. The Morgan fingerprint density at radius 1 is 1.00 bits per heavy atom. The molecule has 2 aromatic rings. The van der Waals surface area contributed by atoms with Crippen molar-refractivity contribution in [2.75, 3.05) is 7.11 Å². The summed E-state index contributed by atoms with van der Waals surface area (Å²) < 4.78 is 5.33. The molecule has 0 spiro atoms. The van der Waals surface area contributed by atoms with Crippen molar-refractivity contribution in [3.05, 3.63) is 65.7 Å². The van der Waals surface area contributed by atoms with Crippen molar-refractivity contribution in [1.82, 2.24) is 5.32 Å². The lowest BCUT2D eigenvalue weighted by atomic mass is 9.99. The second-order valence-electron chi connectivity index (χ2n) is 5.89. The molecule has 1 N–H and O–H groups in total. The van der Waals surface area contributed by atoms with Crippen molar-refractivity contribution in [2.24, 2.45) is 5.92 Å². The van der Waals surface area contributed by atoms with Crippen LogP contribution in [-0.2, 0) is 0 Å². The Bertz CT molecular complexity index is 577. The van der Waals surface area contributed by atoms with E-state index in [4.69, 9.17) is 4.74 Å². The minimum atomic E-state index is 0.311. The molecule has 0 aromatic heterocycles. The predicted molar refractivity (Wildman–Crippen MR) is 86.5 cm³/mol. The number of hydrogen-bond acceptors (Lipinski definition) is 2. The molecule has 2 atom stereocenters. The van der Waals surface area contributed by atoms with Crippen LogP contribution < -0.4 is 10.1 Å². The lowest BCUT2D eigenvalue weighted by Gasteiger charge is -2.24. The van der Waals surface area contributed by atoms with Crippen LogP contribution in [0.3, 0.4) is 0 Å². The first-order valence-corrected chi connectivity index (χ1v) is 7.73. The van der Waals surface area contributed by atoms with Gasteiger partial charge in [-0.25, -0.2) is 0 Å². The Morgan fingerprint density at radius 3 is 2.38 bits per heavy atom. The summed E-state index contributed by atoms with van der Waals surface area (Å²) in [6.45, 7) is 2.23. The highest BCUT2D eigenvalue weighted by atomic mass is 16.5. The van der Waals surface area contributed by atoms with Gasteiger partial charge in [0.15, 0.2) is 0 Å². The van der Waals surface area contributed by atoms with Crippen LogP contribution in [0.5, 0.6) is 5.75 Å². The molecule has 0 radical (unpaired) electrons. The molecule has 0 heterocycles. The molecule has 0 saturated heterocycles. The maximum absolute atomic E-state index is 5.33. The molecule has 1 aliphatic carbocycles. The number of hydrogen-bond donors (Lipinski definition) is 1. The zero-order valence-corrected chi connectivity index (χ0v) is 12.8. The summed E-state index contributed by atoms with van der Waals surface area (Å²) in [5.41, 5.74) is 2.67. The smallest absolute Gasteiger partial charge is 0.119 e. The van der Waals surface area contributed by atoms with E-state index in [0.717, 1.165) is 11.7 Å². The van der Waals surface area contributed by atoms with Gasteiger partial charge in [0.2, 0.25) is 0 Å². The van der Waals surface area contributed by atoms with Crippen LogP contribution in [0.2, 0.25) is 0 Å². The maximum Gasteiger partial charge on any atom is 0.119 e. The Balaban J connectivity index is 1.76. The zero-order chi connectivity index (χ0) is 14.7. The van der Waals surface area contributed by atoms with Crippen molar-refractivity contribution >= 4 is 0 Å². The number of benzene rings is 2. The van der Waals surface area contributed by atoms with Gasteiger partial charge < -0.3 is 10.1 Å². The Kier molecular flexibility index (Phi) is 4.26. The summed E-state index contributed by atoms with van der Waals surface area (Å²) in [5, 5.41) is 3.81. The third-order valence-corrected chi connectivity index (χ3v) is 4.28. The van der Waals surface area contributed by atoms with Crippen LogP contribution in [-0.4, -0.2) is 7.11 Å². The average molecular weight is 281 g/mol. The van der Waals surface area contributed by atoms with E-state index >= 15 is 0 Å². The molecule has 2 aromatic carbocycles. The highest BCUT2D eigenvalue weighted by molar-refractivity contribution is 5.31. The number of methoxy groups -OCH3 is 1. The van der Waals surface area contributed by atoms with Gasteiger partial charge in [-0.2, -0.15) is 0 Å². The van der Waals surface area contributed by atoms with E-state index in [1.807, 2.05) is 6.07 Å². The van der Waals surface area contributed by atoms with Gasteiger partial charge in [0.25, 0.3) is 0 Å². The number of nitrogens with one attached hydrogen (secondary N) is 1. The second-order valence-corrected chi connectivity index (χ2v) is 5.89. The van der Waals surface area contributed by atoms with E-state index in [-0.39, 0.29) is 0 Å². The molecule has 3 rings (SSSR count). The number of ether oxygens (including phenoxy) is 1. The minimum absolute atomic E-state index is 0.311. The minimum Gasteiger partial charge on any atom is -0.497 e. The first-order chi connectivity index (χ1) is 10.3. The predicted octanol–water partition coefficient (Wildman–Crippen LogP) is 4.50. The molecule has 2 nitrogen and oxygen atoms in total. The maximum atomic E-state index is 5.33. The van der Waals surface area contributed by atoms with Crippen LogP contribution in [0.1, 0.15) is 43.0 Å². The molecule has 1 fully saturated rings. The molecule has 110 valence electrons. The van der Waals surface area contributed by atoms with Crippen LogP contribution in [0, 0.1) is 5.92 Å². The zero-order valence-electron chi connectivity index (χ0n) is 12.8. The van der Waals surface area contributed by atoms with Crippen LogP contribution in [0.4, 0.5) is 0 Å². The summed E-state index contributed by atoms with van der Waals surface area (Å²) in [7, 11) is 1.72. The highest BCUT2D eigenvalue weighted by Crippen LogP contribution is 2.42. The van der Waals surface area contributed by atoms with E-state index in [9.17, 15) is 0 Å². The molecule has 0 amide bonds. The van der Waals surface area contributed by atoms with Gasteiger partial charge in [0.1, 0.15) is 5.75 Å². The Hall–Kier alpha value is -1.80. The highest BCUT2D eigenvalue weighted by Gasteiger charge is 2.33.